The predicted molar refractivity (Wildman–Crippen MR) is 228 cm³/mol. The standard InChI is InChI=1S/C52H35NO/c1-3-12-36(13-4-1)41-23-22-38-16-11-20-47(50(38)34-41)40-26-30-43(31-27-40)53(44-32-33-49-48-19-9-10-21-51(48)54-52(49)35-44)42-28-24-39(25-29-42)46-18-8-7-17-45(46)37-14-5-2-6-15-37/h1-35H. The SMILES string of the molecule is c1ccc(-c2ccc3cccc(-c4ccc(N(c5ccc(-c6ccccc6-c6ccccc6)cc5)c5ccc6c(c5)oc5ccccc56)cc4)c3c2)cc1. The molecule has 0 saturated carbocycles. The Morgan fingerprint density at radius 2 is 0.796 bits per heavy atom. The first-order valence-corrected chi connectivity index (χ1v) is 18.4. The van der Waals surface area contributed by atoms with Gasteiger partial charge in [-0.05, 0) is 104 Å². The fourth-order valence-corrected chi connectivity index (χ4v) is 7.82. The van der Waals surface area contributed by atoms with Crippen LogP contribution in [0.1, 0.15) is 0 Å². The molecule has 0 aliphatic rings. The van der Waals surface area contributed by atoms with Gasteiger partial charge < -0.3 is 9.32 Å². The number of hydrogen-bond acceptors (Lipinski definition) is 2. The fourth-order valence-electron chi connectivity index (χ4n) is 7.82. The number of hydrogen-bond donors (Lipinski definition) is 0. The van der Waals surface area contributed by atoms with E-state index in [9.17, 15) is 0 Å². The zero-order valence-electron chi connectivity index (χ0n) is 29.6. The van der Waals surface area contributed by atoms with Gasteiger partial charge in [-0.15, -0.1) is 0 Å². The zero-order valence-corrected chi connectivity index (χ0v) is 29.6. The highest BCUT2D eigenvalue weighted by Gasteiger charge is 2.17. The molecule has 10 rings (SSSR count). The van der Waals surface area contributed by atoms with Gasteiger partial charge >= 0.3 is 0 Å². The van der Waals surface area contributed by atoms with E-state index in [-0.39, 0.29) is 0 Å². The third-order valence-corrected chi connectivity index (χ3v) is 10.5. The fraction of sp³-hybridized carbons (Fsp3) is 0. The number of rotatable bonds is 7. The van der Waals surface area contributed by atoms with Crippen LogP contribution < -0.4 is 4.90 Å². The van der Waals surface area contributed by atoms with Crippen LogP contribution in [0.5, 0.6) is 0 Å². The van der Waals surface area contributed by atoms with Gasteiger partial charge in [0.15, 0.2) is 0 Å². The monoisotopic (exact) mass is 689 g/mol. The molecule has 254 valence electrons. The van der Waals surface area contributed by atoms with Crippen LogP contribution in [-0.4, -0.2) is 0 Å². The average Bonchev–Trinajstić information content (AvgIpc) is 3.63. The Hall–Kier alpha value is -7.16. The molecule has 0 atom stereocenters. The molecule has 0 radical (unpaired) electrons. The summed E-state index contributed by atoms with van der Waals surface area (Å²) < 4.78 is 6.38. The molecule has 0 bridgehead atoms. The van der Waals surface area contributed by atoms with Crippen molar-refractivity contribution in [3.63, 3.8) is 0 Å². The Morgan fingerprint density at radius 3 is 1.50 bits per heavy atom. The minimum Gasteiger partial charge on any atom is -0.456 e. The summed E-state index contributed by atoms with van der Waals surface area (Å²) in [7, 11) is 0. The quantitative estimate of drug-likeness (QED) is 0.166. The number of nitrogens with zero attached hydrogens (tertiary/aromatic N) is 1. The van der Waals surface area contributed by atoms with Crippen LogP contribution in [0, 0.1) is 0 Å². The third kappa shape index (κ3) is 5.71. The van der Waals surface area contributed by atoms with Crippen molar-refractivity contribution >= 4 is 49.8 Å². The van der Waals surface area contributed by atoms with E-state index in [2.05, 4.69) is 205 Å². The number of benzene rings is 9. The van der Waals surface area contributed by atoms with Gasteiger partial charge in [-0.2, -0.15) is 0 Å². The van der Waals surface area contributed by atoms with Crippen molar-refractivity contribution in [1.82, 2.24) is 0 Å². The summed E-state index contributed by atoms with van der Waals surface area (Å²) in [6.45, 7) is 0. The lowest BCUT2D eigenvalue weighted by Crippen LogP contribution is -2.09. The lowest BCUT2D eigenvalue weighted by molar-refractivity contribution is 0.669. The molecule has 9 aromatic carbocycles. The normalized spacial score (nSPS) is 11.3. The van der Waals surface area contributed by atoms with Crippen molar-refractivity contribution in [3.05, 3.63) is 212 Å². The molecule has 0 unspecified atom stereocenters. The van der Waals surface area contributed by atoms with E-state index in [1.54, 1.807) is 0 Å². The van der Waals surface area contributed by atoms with E-state index in [1.165, 1.54) is 55.3 Å². The maximum absolute atomic E-state index is 6.38. The summed E-state index contributed by atoms with van der Waals surface area (Å²) in [5.74, 6) is 0. The van der Waals surface area contributed by atoms with Gasteiger partial charge in [-0.1, -0.05) is 158 Å². The highest BCUT2D eigenvalue weighted by Crippen LogP contribution is 2.41. The lowest BCUT2D eigenvalue weighted by Gasteiger charge is -2.26. The third-order valence-electron chi connectivity index (χ3n) is 10.5. The van der Waals surface area contributed by atoms with Crippen LogP contribution in [0.25, 0.3) is 77.2 Å². The molecule has 0 amide bonds. The van der Waals surface area contributed by atoms with Crippen molar-refractivity contribution in [2.24, 2.45) is 0 Å². The van der Waals surface area contributed by atoms with Crippen molar-refractivity contribution < 1.29 is 4.42 Å². The Balaban J connectivity index is 1.07. The van der Waals surface area contributed by atoms with E-state index < -0.39 is 0 Å². The topological polar surface area (TPSA) is 16.4 Å². The second kappa shape index (κ2) is 13.4. The molecule has 0 spiro atoms. The van der Waals surface area contributed by atoms with Crippen molar-refractivity contribution in [3.8, 4) is 44.5 Å². The molecule has 1 heterocycles. The van der Waals surface area contributed by atoms with Gasteiger partial charge in [-0.3, -0.25) is 0 Å². The first-order valence-electron chi connectivity index (χ1n) is 18.4. The molecule has 0 fully saturated rings. The van der Waals surface area contributed by atoms with E-state index in [0.717, 1.165) is 39.0 Å². The van der Waals surface area contributed by atoms with Crippen LogP contribution in [0.3, 0.4) is 0 Å². The molecule has 0 aliphatic heterocycles. The minimum atomic E-state index is 0.869. The molecule has 0 N–H and O–H groups in total. The van der Waals surface area contributed by atoms with Crippen LogP contribution in [0.2, 0.25) is 0 Å². The summed E-state index contributed by atoms with van der Waals surface area (Å²) in [4.78, 5) is 2.32. The van der Waals surface area contributed by atoms with Gasteiger partial charge in [-0.25, -0.2) is 0 Å². The van der Waals surface area contributed by atoms with Gasteiger partial charge in [0.2, 0.25) is 0 Å². The first-order chi connectivity index (χ1) is 26.8. The Labute approximate surface area is 314 Å². The van der Waals surface area contributed by atoms with E-state index in [4.69, 9.17) is 4.42 Å². The molecule has 54 heavy (non-hydrogen) atoms. The smallest absolute Gasteiger partial charge is 0.137 e. The van der Waals surface area contributed by atoms with Crippen LogP contribution in [-0.2, 0) is 0 Å². The van der Waals surface area contributed by atoms with Crippen molar-refractivity contribution in [1.29, 1.82) is 0 Å². The largest absolute Gasteiger partial charge is 0.456 e. The first kappa shape index (κ1) is 31.6. The minimum absolute atomic E-state index is 0.869. The number of furan rings is 1. The van der Waals surface area contributed by atoms with E-state index >= 15 is 0 Å². The van der Waals surface area contributed by atoms with Gasteiger partial charge in [0.05, 0.1) is 0 Å². The summed E-state index contributed by atoms with van der Waals surface area (Å²) in [5.41, 5.74) is 14.6. The summed E-state index contributed by atoms with van der Waals surface area (Å²) in [6, 6.07) is 75.9. The molecular weight excluding hydrogens is 655 g/mol. The summed E-state index contributed by atoms with van der Waals surface area (Å²) in [5, 5.41) is 4.71. The number of para-hydroxylation sites is 1. The van der Waals surface area contributed by atoms with Crippen molar-refractivity contribution in [2.45, 2.75) is 0 Å². The van der Waals surface area contributed by atoms with E-state index in [0.29, 0.717) is 0 Å². The number of anilines is 3. The molecule has 2 nitrogen and oxygen atoms in total. The van der Waals surface area contributed by atoms with Gasteiger partial charge in [0.1, 0.15) is 11.2 Å². The second-order valence-electron chi connectivity index (χ2n) is 13.7. The Morgan fingerprint density at radius 1 is 0.278 bits per heavy atom. The molecule has 10 aromatic rings. The van der Waals surface area contributed by atoms with Crippen LogP contribution in [0.15, 0.2) is 217 Å². The molecule has 2 heteroatoms. The van der Waals surface area contributed by atoms with Crippen molar-refractivity contribution in [2.75, 3.05) is 4.90 Å². The Kier molecular flexibility index (Phi) is 7.85. The molecule has 1 aromatic heterocycles. The average molecular weight is 690 g/mol. The maximum Gasteiger partial charge on any atom is 0.137 e. The van der Waals surface area contributed by atoms with Gasteiger partial charge in [0, 0.05) is 33.9 Å². The summed E-state index contributed by atoms with van der Waals surface area (Å²) in [6.07, 6.45) is 0. The van der Waals surface area contributed by atoms with Crippen LogP contribution >= 0.6 is 0 Å². The Bertz CT molecular complexity index is 2910. The molecular formula is C52H35NO. The highest BCUT2D eigenvalue weighted by molar-refractivity contribution is 6.06. The molecule has 0 aliphatic carbocycles. The maximum atomic E-state index is 6.38. The summed E-state index contributed by atoms with van der Waals surface area (Å²) >= 11 is 0. The lowest BCUT2D eigenvalue weighted by atomic mass is 9.94. The second-order valence-corrected chi connectivity index (χ2v) is 13.7. The molecule has 0 saturated heterocycles. The number of fused-ring (bicyclic) bond motifs is 4. The predicted octanol–water partition coefficient (Wildman–Crippen LogP) is 14.9. The highest BCUT2D eigenvalue weighted by atomic mass is 16.3. The zero-order chi connectivity index (χ0) is 35.8. The van der Waals surface area contributed by atoms with E-state index in [1.807, 2.05) is 12.1 Å². The van der Waals surface area contributed by atoms with Crippen LogP contribution in [0.4, 0.5) is 17.1 Å². The van der Waals surface area contributed by atoms with Gasteiger partial charge in [0.25, 0.3) is 0 Å².